The molecule has 0 bridgehead atoms. The van der Waals surface area contributed by atoms with Gasteiger partial charge in [-0.25, -0.2) is 4.98 Å². The largest absolute Gasteiger partial charge is 0.332 e. The predicted molar refractivity (Wildman–Crippen MR) is 76.7 cm³/mol. The van der Waals surface area contributed by atoms with Crippen LogP contribution in [0.3, 0.4) is 0 Å². The van der Waals surface area contributed by atoms with Gasteiger partial charge in [0.25, 0.3) is 0 Å². The maximum Gasteiger partial charge on any atom is 0.187 e. The van der Waals surface area contributed by atoms with E-state index in [9.17, 15) is 0 Å². The lowest BCUT2D eigenvalue weighted by atomic mass is 9.90. The van der Waals surface area contributed by atoms with Crippen LogP contribution in [0.1, 0.15) is 24.3 Å². The minimum absolute atomic E-state index is 0.698. The average Bonchev–Trinajstić information content (AvgIpc) is 2.93. The molecule has 2 heterocycles. The van der Waals surface area contributed by atoms with Crippen LogP contribution in [-0.2, 0) is 0 Å². The summed E-state index contributed by atoms with van der Waals surface area (Å²) in [4.78, 5) is 4.25. The molecule has 0 amide bonds. The Morgan fingerprint density at radius 3 is 2.94 bits per heavy atom. The molecule has 3 nitrogen and oxygen atoms in total. The van der Waals surface area contributed by atoms with Crippen LogP contribution in [-0.4, -0.2) is 18.1 Å². The van der Waals surface area contributed by atoms with E-state index in [2.05, 4.69) is 39.9 Å². The van der Waals surface area contributed by atoms with Gasteiger partial charge in [-0.2, -0.15) is 0 Å². The fourth-order valence-electron chi connectivity index (χ4n) is 2.43. The summed E-state index contributed by atoms with van der Waals surface area (Å²) in [6, 6.07) is 8.74. The quantitative estimate of drug-likeness (QED) is 0.887. The highest BCUT2D eigenvalue weighted by molar-refractivity contribution is 7.13. The number of piperidine rings is 1. The third kappa shape index (κ3) is 2.71. The van der Waals surface area contributed by atoms with Crippen LogP contribution in [0.5, 0.6) is 0 Å². The molecule has 1 saturated heterocycles. The van der Waals surface area contributed by atoms with Crippen LogP contribution in [0.15, 0.2) is 35.8 Å². The third-order valence-corrected chi connectivity index (χ3v) is 4.07. The van der Waals surface area contributed by atoms with Crippen LogP contribution in [0.4, 0.5) is 10.8 Å². The Kier molecular flexibility index (Phi) is 3.57. The van der Waals surface area contributed by atoms with Crippen molar-refractivity contribution in [3.63, 3.8) is 0 Å². The lowest BCUT2D eigenvalue weighted by Gasteiger charge is -2.23. The smallest absolute Gasteiger partial charge is 0.187 e. The molecule has 0 saturated carbocycles. The van der Waals surface area contributed by atoms with E-state index < -0.39 is 0 Å². The van der Waals surface area contributed by atoms with Crippen molar-refractivity contribution in [2.45, 2.75) is 18.8 Å². The number of nitrogens with one attached hydrogen (secondary N) is 2. The van der Waals surface area contributed by atoms with Gasteiger partial charge in [-0.3, -0.25) is 0 Å². The number of hydrogen-bond donors (Lipinski definition) is 2. The SMILES string of the molecule is c1cc(Nc2nccs2)cc(C2CCNCC2)c1. The lowest BCUT2D eigenvalue weighted by molar-refractivity contribution is 0.460. The van der Waals surface area contributed by atoms with Crippen molar-refractivity contribution >= 4 is 22.2 Å². The molecule has 1 aromatic heterocycles. The van der Waals surface area contributed by atoms with Crippen LogP contribution in [0, 0.1) is 0 Å². The monoisotopic (exact) mass is 259 g/mol. The van der Waals surface area contributed by atoms with Crippen molar-refractivity contribution in [2.75, 3.05) is 18.4 Å². The molecule has 4 heteroatoms. The summed E-state index contributed by atoms with van der Waals surface area (Å²) in [7, 11) is 0. The van der Waals surface area contributed by atoms with Crippen molar-refractivity contribution in [1.82, 2.24) is 10.3 Å². The third-order valence-electron chi connectivity index (χ3n) is 3.38. The highest BCUT2D eigenvalue weighted by atomic mass is 32.1. The first-order valence-electron chi connectivity index (χ1n) is 6.39. The molecule has 0 radical (unpaired) electrons. The Morgan fingerprint density at radius 1 is 1.28 bits per heavy atom. The van der Waals surface area contributed by atoms with E-state index in [0.717, 1.165) is 23.9 Å². The van der Waals surface area contributed by atoms with E-state index in [0.29, 0.717) is 5.92 Å². The molecule has 94 valence electrons. The molecule has 1 aliphatic rings. The van der Waals surface area contributed by atoms with Crippen molar-refractivity contribution in [1.29, 1.82) is 0 Å². The first kappa shape index (κ1) is 11.7. The zero-order valence-corrected chi connectivity index (χ0v) is 11.0. The van der Waals surface area contributed by atoms with Crippen LogP contribution < -0.4 is 10.6 Å². The zero-order chi connectivity index (χ0) is 12.2. The Morgan fingerprint density at radius 2 is 2.17 bits per heavy atom. The summed E-state index contributed by atoms with van der Waals surface area (Å²) >= 11 is 1.63. The molecule has 0 atom stereocenters. The first-order chi connectivity index (χ1) is 8.92. The number of aromatic nitrogens is 1. The highest BCUT2D eigenvalue weighted by Gasteiger charge is 2.15. The van der Waals surface area contributed by atoms with Crippen molar-refractivity contribution < 1.29 is 0 Å². The second-order valence-corrected chi connectivity index (χ2v) is 5.51. The maximum absolute atomic E-state index is 4.25. The lowest BCUT2D eigenvalue weighted by Crippen LogP contribution is -2.26. The molecule has 0 unspecified atom stereocenters. The second kappa shape index (κ2) is 5.50. The van der Waals surface area contributed by atoms with Crippen LogP contribution in [0.2, 0.25) is 0 Å². The maximum atomic E-state index is 4.25. The fourth-order valence-corrected chi connectivity index (χ4v) is 2.98. The van der Waals surface area contributed by atoms with E-state index in [4.69, 9.17) is 0 Å². The van der Waals surface area contributed by atoms with Gasteiger partial charge < -0.3 is 10.6 Å². The van der Waals surface area contributed by atoms with E-state index >= 15 is 0 Å². The predicted octanol–water partition coefficient (Wildman–Crippen LogP) is 3.35. The Labute approximate surface area is 111 Å². The average molecular weight is 259 g/mol. The molecule has 0 spiro atoms. The molecule has 2 aromatic rings. The topological polar surface area (TPSA) is 37.0 Å². The molecule has 3 rings (SSSR count). The molecule has 18 heavy (non-hydrogen) atoms. The summed E-state index contributed by atoms with van der Waals surface area (Å²) in [5, 5.41) is 9.71. The minimum atomic E-state index is 0.698. The molecule has 0 aliphatic carbocycles. The summed E-state index contributed by atoms with van der Waals surface area (Å²) in [6.07, 6.45) is 4.30. The Balaban J connectivity index is 1.76. The normalized spacial score (nSPS) is 16.7. The summed E-state index contributed by atoms with van der Waals surface area (Å²) in [5.74, 6) is 0.698. The molecular weight excluding hydrogens is 242 g/mol. The van der Waals surface area contributed by atoms with Gasteiger partial charge in [0.05, 0.1) is 0 Å². The van der Waals surface area contributed by atoms with Gasteiger partial charge in [0.1, 0.15) is 0 Å². The van der Waals surface area contributed by atoms with Gasteiger partial charge in [0.15, 0.2) is 5.13 Å². The van der Waals surface area contributed by atoms with Gasteiger partial charge >= 0.3 is 0 Å². The number of nitrogens with zero attached hydrogens (tertiary/aromatic N) is 1. The summed E-state index contributed by atoms with van der Waals surface area (Å²) in [5.41, 5.74) is 2.58. The van der Waals surface area contributed by atoms with E-state index in [1.807, 2.05) is 11.6 Å². The standard InChI is InChI=1S/C14H17N3S/c1-2-12(11-4-6-15-7-5-11)10-13(3-1)17-14-16-8-9-18-14/h1-3,8-11,15H,4-7H2,(H,16,17). The van der Waals surface area contributed by atoms with Crippen LogP contribution >= 0.6 is 11.3 Å². The van der Waals surface area contributed by atoms with Gasteiger partial charge in [-0.1, -0.05) is 12.1 Å². The zero-order valence-electron chi connectivity index (χ0n) is 10.2. The van der Waals surface area contributed by atoms with E-state index in [1.165, 1.54) is 18.4 Å². The number of rotatable bonds is 3. The second-order valence-electron chi connectivity index (χ2n) is 4.61. The van der Waals surface area contributed by atoms with Gasteiger partial charge in [0, 0.05) is 17.3 Å². The molecule has 1 aliphatic heterocycles. The number of thiazole rings is 1. The highest BCUT2D eigenvalue weighted by Crippen LogP contribution is 2.28. The number of hydrogen-bond acceptors (Lipinski definition) is 4. The number of anilines is 2. The van der Waals surface area contributed by atoms with Crippen molar-refractivity contribution in [3.8, 4) is 0 Å². The summed E-state index contributed by atoms with van der Waals surface area (Å²) < 4.78 is 0. The fraction of sp³-hybridized carbons (Fsp3) is 0.357. The van der Waals surface area contributed by atoms with Crippen molar-refractivity contribution in [3.05, 3.63) is 41.4 Å². The van der Waals surface area contributed by atoms with Gasteiger partial charge in [-0.05, 0) is 49.5 Å². The summed E-state index contributed by atoms with van der Waals surface area (Å²) in [6.45, 7) is 2.27. The minimum Gasteiger partial charge on any atom is -0.332 e. The number of benzene rings is 1. The van der Waals surface area contributed by atoms with Gasteiger partial charge in [0.2, 0.25) is 0 Å². The molecular formula is C14H17N3S. The molecule has 2 N–H and O–H groups in total. The molecule has 1 aromatic carbocycles. The first-order valence-corrected chi connectivity index (χ1v) is 7.27. The van der Waals surface area contributed by atoms with Gasteiger partial charge in [-0.15, -0.1) is 11.3 Å². The molecule has 1 fully saturated rings. The Hall–Kier alpha value is -1.39. The van der Waals surface area contributed by atoms with Crippen molar-refractivity contribution in [2.24, 2.45) is 0 Å². The van der Waals surface area contributed by atoms with E-state index in [1.54, 1.807) is 11.3 Å². The van der Waals surface area contributed by atoms with Crippen LogP contribution in [0.25, 0.3) is 0 Å². The Bertz CT molecular complexity index is 490. The van der Waals surface area contributed by atoms with E-state index in [-0.39, 0.29) is 0 Å².